The molecule has 32 heavy (non-hydrogen) atoms. The number of methoxy groups -OCH3 is 1. The lowest BCUT2D eigenvalue weighted by Crippen LogP contribution is -2.38. The van der Waals surface area contributed by atoms with E-state index in [1.165, 1.54) is 0 Å². The van der Waals surface area contributed by atoms with Crippen LogP contribution in [0.4, 0.5) is 5.82 Å². The zero-order chi connectivity index (χ0) is 22.4. The van der Waals surface area contributed by atoms with Crippen molar-refractivity contribution in [2.24, 2.45) is 5.73 Å². The summed E-state index contributed by atoms with van der Waals surface area (Å²) in [7, 11) is 1.56. The molecule has 0 aliphatic carbocycles. The highest BCUT2D eigenvalue weighted by Gasteiger charge is 2.31. The molecule has 2 aliphatic heterocycles. The number of fused-ring (bicyclic) bond motifs is 2. The number of hydrogen-bond donors (Lipinski definition) is 2. The Balaban J connectivity index is 1.85. The van der Waals surface area contributed by atoms with Gasteiger partial charge in [0.25, 0.3) is 5.91 Å². The van der Waals surface area contributed by atoms with Gasteiger partial charge in [0.2, 0.25) is 5.56 Å². The Kier molecular flexibility index (Phi) is 5.07. The Morgan fingerprint density at radius 3 is 2.69 bits per heavy atom. The highest BCUT2D eigenvalue weighted by atomic mass is 16.5. The minimum atomic E-state index is -0.566. The molecule has 9 heteroatoms. The number of hydrogen-bond acceptors (Lipinski definition) is 7. The van der Waals surface area contributed by atoms with E-state index in [9.17, 15) is 9.59 Å². The molecule has 166 valence electrons. The van der Waals surface area contributed by atoms with Crippen LogP contribution < -0.4 is 20.9 Å². The number of primary amides is 1. The number of morpholine rings is 1. The van der Waals surface area contributed by atoms with E-state index in [0.717, 1.165) is 22.2 Å². The van der Waals surface area contributed by atoms with Gasteiger partial charge >= 0.3 is 0 Å². The van der Waals surface area contributed by atoms with E-state index in [1.807, 2.05) is 17.9 Å². The molecule has 1 saturated heterocycles. The lowest BCUT2D eigenvalue weighted by atomic mass is 9.91. The number of amides is 1. The number of rotatable bonds is 4. The molecule has 0 unspecified atom stereocenters. The molecule has 0 atom stereocenters. The first-order valence-electron chi connectivity index (χ1n) is 10.5. The zero-order valence-electron chi connectivity index (χ0n) is 18.0. The molecule has 0 bridgehead atoms. The maximum Gasteiger partial charge on any atom is 0.253 e. The predicted molar refractivity (Wildman–Crippen MR) is 119 cm³/mol. The van der Waals surface area contributed by atoms with E-state index >= 15 is 0 Å². The Morgan fingerprint density at radius 2 is 1.97 bits per heavy atom. The standard InChI is InChI=1S/C23H24N4O5/c1-12-7-19(28)25-16-9-18(30-2)14(8-13(12)16)20-15-10-32-11-17(15)26-23(21(20)22(24)29)27-3-5-31-6-4-27/h7-9H,3-6,10-11H2,1-2H3,(H2,24,29)(H,25,28). The third-order valence-electron chi connectivity index (χ3n) is 6.05. The number of aryl methyl sites for hydroxylation is 1. The number of nitrogens with zero attached hydrogens (tertiary/aromatic N) is 2. The van der Waals surface area contributed by atoms with Crippen molar-refractivity contribution in [2.75, 3.05) is 38.3 Å². The van der Waals surface area contributed by atoms with Gasteiger partial charge in [-0.15, -0.1) is 0 Å². The summed E-state index contributed by atoms with van der Waals surface area (Å²) in [6.45, 7) is 4.89. The van der Waals surface area contributed by atoms with Gasteiger partial charge < -0.3 is 29.8 Å². The largest absolute Gasteiger partial charge is 0.496 e. The van der Waals surface area contributed by atoms with E-state index in [1.54, 1.807) is 19.2 Å². The molecule has 5 rings (SSSR count). The molecule has 3 aromatic rings. The molecule has 0 spiro atoms. The number of benzene rings is 1. The summed E-state index contributed by atoms with van der Waals surface area (Å²) in [5.41, 5.74) is 10.6. The number of nitrogens with one attached hydrogen (secondary N) is 1. The lowest BCUT2D eigenvalue weighted by molar-refractivity contribution is 0.0998. The van der Waals surface area contributed by atoms with E-state index in [2.05, 4.69) is 4.98 Å². The molecule has 3 N–H and O–H groups in total. The Morgan fingerprint density at radius 1 is 1.19 bits per heavy atom. The van der Waals surface area contributed by atoms with Crippen LogP contribution in [-0.2, 0) is 22.7 Å². The normalized spacial score (nSPS) is 15.8. The zero-order valence-corrected chi connectivity index (χ0v) is 18.0. The van der Waals surface area contributed by atoms with Gasteiger partial charge in [-0.2, -0.15) is 0 Å². The predicted octanol–water partition coefficient (Wildman–Crippen LogP) is 1.87. The maximum absolute atomic E-state index is 12.8. The van der Waals surface area contributed by atoms with Crippen LogP contribution in [0.15, 0.2) is 23.0 Å². The number of anilines is 1. The lowest BCUT2D eigenvalue weighted by Gasteiger charge is -2.30. The van der Waals surface area contributed by atoms with Crippen molar-refractivity contribution in [1.29, 1.82) is 0 Å². The fraction of sp³-hybridized carbons (Fsp3) is 0.348. The highest BCUT2D eigenvalue weighted by molar-refractivity contribution is 6.07. The van der Waals surface area contributed by atoms with Gasteiger partial charge in [-0.3, -0.25) is 9.59 Å². The number of nitrogens with two attached hydrogens (primary N) is 1. The number of carbonyl (C=O) groups is 1. The molecule has 2 aromatic heterocycles. The van der Waals surface area contributed by atoms with Crippen molar-refractivity contribution >= 4 is 22.6 Å². The Bertz CT molecular complexity index is 1290. The SMILES string of the molecule is COc1cc2[nH]c(=O)cc(C)c2cc1-c1c2c(nc(N3CCOCC3)c1C(N)=O)COC2. The van der Waals surface area contributed by atoms with Crippen molar-refractivity contribution in [3.8, 4) is 16.9 Å². The summed E-state index contributed by atoms with van der Waals surface area (Å²) in [4.78, 5) is 34.5. The van der Waals surface area contributed by atoms with E-state index in [0.29, 0.717) is 73.3 Å². The Hall–Kier alpha value is -3.43. The minimum Gasteiger partial charge on any atom is -0.496 e. The van der Waals surface area contributed by atoms with Crippen LogP contribution in [0.25, 0.3) is 22.0 Å². The smallest absolute Gasteiger partial charge is 0.253 e. The minimum absolute atomic E-state index is 0.185. The average Bonchev–Trinajstić information content (AvgIpc) is 3.26. The van der Waals surface area contributed by atoms with Crippen molar-refractivity contribution in [3.05, 3.63) is 50.9 Å². The monoisotopic (exact) mass is 436 g/mol. The van der Waals surface area contributed by atoms with Crippen molar-refractivity contribution in [1.82, 2.24) is 9.97 Å². The molecular weight excluding hydrogens is 412 g/mol. The van der Waals surface area contributed by atoms with Crippen LogP contribution in [-0.4, -0.2) is 49.3 Å². The second kappa shape index (κ2) is 7.92. The summed E-state index contributed by atoms with van der Waals surface area (Å²) >= 11 is 0. The van der Waals surface area contributed by atoms with Crippen molar-refractivity contribution in [3.63, 3.8) is 0 Å². The summed E-state index contributed by atoms with van der Waals surface area (Å²) in [6, 6.07) is 5.26. The van der Waals surface area contributed by atoms with E-state index in [4.69, 9.17) is 24.9 Å². The third kappa shape index (κ3) is 3.30. The number of H-pyrrole nitrogens is 1. The van der Waals surface area contributed by atoms with Gasteiger partial charge in [0.05, 0.1) is 50.3 Å². The number of ether oxygens (including phenoxy) is 3. The van der Waals surface area contributed by atoms with Crippen LogP contribution in [0.5, 0.6) is 5.75 Å². The molecular formula is C23H24N4O5. The summed E-state index contributed by atoms with van der Waals surface area (Å²) in [5, 5.41) is 0.855. The Labute approximate surface area is 184 Å². The second-order valence-corrected chi connectivity index (χ2v) is 7.98. The first-order valence-corrected chi connectivity index (χ1v) is 10.5. The van der Waals surface area contributed by atoms with Crippen molar-refractivity contribution < 1.29 is 19.0 Å². The summed E-state index contributed by atoms with van der Waals surface area (Å²) < 4.78 is 16.9. The van der Waals surface area contributed by atoms with Gasteiger partial charge in [0.1, 0.15) is 11.6 Å². The van der Waals surface area contributed by atoms with E-state index < -0.39 is 5.91 Å². The summed E-state index contributed by atoms with van der Waals surface area (Å²) in [6.07, 6.45) is 0. The van der Waals surface area contributed by atoms with Crippen LogP contribution >= 0.6 is 0 Å². The average molecular weight is 436 g/mol. The molecule has 0 saturated carbocycles. The van der Waals surface area contributed by atoms with Crippen LogP contribution in [0.3, 0.4) is 0 Å². The van der Waals surface area contributed by atoms with Crippen LogP contribution in [0.1, 0.15) is 27.2 Å². The molecule has 1 fully saturated rings. The highest BCUT2D eigenvalue weighted by Crippen LogP contribution is 2.43. The second-order valence-electron chi connectivity index (χ2n) is 7.98. The van der Waals surface area contributed by atoms with Gasteiger partial charge in [-0.25, -0.2) is 4.98 Å². The number of aromatic nitrogens is 2. The van der Waals surface area contributed by atoms with Gasteiger partial charge in [0.15, 0.2) is 0 Å². The fourth-order valence-electron chi connectivity index (χ4n) is 4.53. The van der Waals surface area contributed by atoms with Crippen molar-refractivity contribution in [2.45, 2.75) is 20.1 Å². The van der Waals surface area contributed by atoms with Crippen LogP contribution in [0.2, 0.25) is 0 Å². The molecule has 1 aromatic carbocycles. The number of pyridine rings is 2. The van der Waals surface area contributed by atoms with E-state index in [-0.39, 0.29) is 5.56 Å². The molecule has 0 radical (unpaired) electrons. The molecule has 4 heterocycles. The summed E-state index contributed by atoms with van der Waals surface area (Å²) in [5.74, 6) is 0.499. The van der Waals surface area contributed by atoms with Gasteiger partial charge in [-0.1, -0.05) is 0 Å². The first kappa shape index (κ1) is 20.5. The third-order valence-corrected chi connectivity index (χ3v) is 6.05. The maximum atomic E-state index is 12.8. The topological polar surface area (TPSA) is 120 Å². The van der Waals surface area contributed by atoms with Crippen LogP contribution in [0, 0.1) is 6.92 Å². The van der Waals surface area contributed by atoms with Gasteiger partial charge in [0, 0.05) is 47.3 Å². The fourth-order valence-corrected chi connectivity index (χ4v) is 4.53. The molecule has 2 aliphatic rings. The number of aromatic amines is 1. The molecule has 1 amide bonds. The quantitative estimate of drug-likeness (QED) is 0.641. The molecule has 9 nitrogen and oxygen atoms in total. The number of carbonyl (C=O) groups excluding carboxylic acids is 1. The van der Waals surface area contributed by atoms with Gasteiger partial charge in [-0.05, 0) is 18.6 Å². The first-order chi connectivity index (χ1) is 15.5.